The second-order valence-corrected chi connectivity index (χ2v) is 7.60. The molecular weight excluding hydrogens is 434 g/mol. The molecule has 0 unspecified atom stereocenters. The first kappa shape index (κ1) is 23.5. The highest BCUT2D eigenvalue weighted by Gasteiger charge is 2.58. The number of nitrogens with zero attached hydrogens (tertiary/aromatic N) is 1. The predicted octanol–water partition coefficient (Wildman–Crippen LogP) is 3.25. The molecule has 3 rings (SSSR count). The molecule has 2 aromatic rings. The van der Waals surface area contributed by atoms with Crippen molar-refractivity contribution in [2.24, 2.45) is 11.7 Å². The van der Waals surface area contributed by atoms with Gasteiger partial charge in [0.05, 0.1) is 7.11 Å². The Balaban J connectivity index is 2.04. The number of pyridine rings is 1. The monoisotopic (exact) mass is 455 g/mol. The molecule has 1 fully saturated rings. The second kappa shape index (κ2) is 8.73. The zero-order valence-corrected chi connectivity index (χ0v) is 17.4. The maximum absolute atomic E-state index is 14.3. The molecule has 0 aliphatic carbocycles. The normalized spacial score (nSPS) is 25.1. The van der Waals surface area contributed by atoms with Gasteiger partial charge >= 0.3 is 0 Å². The molecule has 1 aromatic carbocycles. The smallest absolute Gasteiger partial charge is 0.267 e. The fourth-order valence-corrected chi connectivity index (χ4v) is 3.85. The lowest BCUT2D eigenvalue weighted by Crippen LogP contribution is -2.40. The Bertz CT molecular complexity index is 1050. The van der Waals surface area contributed by atoms with E-state index in [2.05, 4.69) is 10.3 Å². The lowest BCUT2D eigenvalue weighted by Gasteiger charge is -2.28. The van der Waals surface area contributed by atoms with Gasteiger partial charge in [-0.3, -0.25) is 14.6 Å². The number of carbonyl (C=O) groups excluding carboxylic acids is 2. The summed E-state index contributed by atoms with van der Waals surface area (Å²) in [4.78, 5) is 28.1. The Morgan fingerprint density at radius 1 is 1.28 bits per heavy atom. The Hall–Kier alpha value is -3.21. The number of anilines is 1. The van der Waals surface area contributed by atoms with Gasteiger partial charge in [-0.1, -0.05) is 13.0 Å². The van der Waals surface area contributed by atoms with Crippen LogP contribution in [0.25, 0.3) is 0 Å². The number of methoxy groups -OCH3 is 1. The molecule has 2 heterocycles. The fraction of sp³-hybridized carbons (Fsp3) is 0.381. The number of benzene rings is 1. The van der Waals surface area contributed by atoms with Crippen LogP contribution in [0.2, 0.25) is 0 Å². The Morgan fingerprint density at radius 3 is 2.56 bits per heavy atom. The average Bonchev–Trinajstić information content (AvgIpc) is 3.02. The number of carbonyl (C=O) groups is 2. The largest absolute Gasteiger partial charge is 0.493 e. The van der Waals surface area contributed by atoms with Crippen LogP contribution in [0.3, 0.4) is 0 Å². The van der Waals surface area contributed by atoms with Crippen molar-refractivity contribution in [3.63, 3.8) is 0 Å². The van der Waals surface area contributed by atoms with Gasteiger partial charge in [-0.25, -0.2) is 13.2 Å². The van der Waals surface area contributed by atoms with Crippen LogP contribution in [0.4, 0.5) is 23.2 Å². The zero-order chi connectivity index (χ0) is 23.8. The molecule has 1 aliphatic heterocycles. The minimum absolute atomic E-state index is 0.0102. The van der Waals surface area contributed by atoms with Crippen molar-refractivity contribution in [1.82, 2.24) is 4.98 Å². The highest BCUT2D eigenvalue weighted by atomic mass is 19.3. The van der Waals surface area contributed by atoms with Crippen molar-refractivity contribution < 1.29 is 36.6 Å². The first-order valence-corrected chi connectivity index (χ1v) is 9.55. The van der Waals surface area contributed by atoms with Crippen molar-refractivity contribution in [3.05, 3.63) is 53.4 Å². The highest BCUT2D eigenvalue weighted by Crippen LogP contribution is 2.51. The van der Waals surface area contributed by atoms with Crippen molar-refractivity contribution >= 4 is 17.5 Å². The van der Waals surface area contributed by atoms with Crippen LogP contribution in [0.1, 0.15) is 35.8 Å². The van der Waals surface area contributed by atoms with E-state index in [1.165, 1.54) is 31.3 Å². The number of primary amides is 1. The molecule has 1 aliphatic rings. The maximum Gasteiger partial charge on any atom is 0.267 e. The number of rotatable bonds is 6. The number of amides is 2. The number of hydrogen-bond acceptors (Lipinski definition) is 5. The van der Waals surface area contributed by atoms with Crippen LogP contribution >= 0.6 is 0 Å². The average molecular weight is 455 g/mol. The first-order chi connectivity index (χ1) is 15.0. The Kier molecular flexibility index (Phi) is 6.40. The van der Waals surface area contributed by atoms with Crippen LogP contribution in [-0.4, -0.2) is 42.0 Å². The van der Waals surface area contributed by atoms with Crippen LogP contribution < -0.4 is 15.8 Å². The molecule has 0 saturated carbocycles. The van der Waals surface area contributed by atoms with Gasteiger partial charge in [-0.15, -0.1) is 0 Å². The van der Waals surface area contributed by atoms with Gasteiger partial charge in [-0.2, -0.15) is 4.39 Å². The summed E-state index contributed by atoms with van der Waals surface area (Å²) in [5.41, 5.74) is 3.13. The predicted molar refractivity (Wildman–Crippen MR) is 105 cm³/mol. The molecule has 32 heavy (non-hydrogen) atoms. The summed E-state index contributed by atoms with van der Waals surface area (Å²) in [6.07, 6.45) is -3.25. The quantitative estimate of drug-likeness (QED) is 0.651. The summed E-state index contributed by atoms with van der Waals surface area (Å²) in [7, 11) is 1.10. The molecule has 0 bridgehead atoms. The molecular formula is C21H21F4N3O4. The number of alkyl halides is 2. The fourth-order valence-electron chi connectivity index (χ4n) is 3.85. The molecule has 0 spiro atoms. The number of hydrogen-bond donors (Lipinski definition) is 2. The summed E-state index contributed by atoms with van der Waals surface area (Å²) in [6.45, 7) is 2.58. The molecule has 4 atom stereocenters. The summed E-state index contributed by atoms with van der Waals surface area (Å²) in [5, 5.41) is 2.47. The Morgan fingerprint density at radius 2 is 1.97 bits per heavy atom. The number of nitrogens with one attached hydrogen (secondary N) is 1. The number of ether oxygens (including phenoxy) is 2. The maximum atomic E-state index is 14.3. The highest BCUT2D eigenvalue weighted by molar-refractivity contribution is 5.97. The lowest BCUT2D eigenvalue weighted by atomic mass is 9.77. The van der Waals surface area contributed by atoms with Gasteiger partial charge in [0.1, 0.15) is 17.4 Å². The minimum atomic E-state index is -2.98. The van der Waals surface area contributed by atoms with Crippen LogP contribution in [0.5, 0.6) is 5.75 Å². The van der Waals surface area contributed by atoms with Gasteiger partial charge in [0.25, 0.3) is 18.2 Å². The van der Waals surface area contributed by atoms with Gasteiger partial charge in [0.15, 0.2) is 11.6 Å². The molecule has 7 nitrogen and oxygen atoms in total. The van der Waals surface area contributed by atoms with Crippen molar-refractivity contribution in [2.75, 3.05) is 12.4 Å². The van der Waals surface area contributed by atoms with Gasteiger partial charge in [0, 0.05) is 29.3 Å². The van der Waals surface area contributed by atoms with E-state index < -0.39 is 59.2 Å². The third kappa shape index (κ3) is 3.99. The van der Waals surface area contributed by atoms with E-state index in [1.54, 1.807) is 0 Å². The molecule has 1 aromatic heterocycles. The van der Waals surface area contributed by atoms with Crippen molar-refractivity contribution in [3.8, 4) is 5.75 Å². The molecule has 2 amide bonds. The number of aromatic nitrogens is 1. The minimum Gasteiger partial charge on any atom is -0.493 e. The molecule has 0 radical (unpaired) electrons. The summed E-state index contributed by atoms with van der Waals surface area (Å²) < 4.78 is 66.4. The second-order valence-electron chi connectivity index (χ2n) is 7.60. The third-order valence-corrected chi connectivity index (χ3v) is 5.77. The summed E-state index contributed by atoms with van der Waals surface area (Å²) in [5.74, 6) is -6.75. The summed E-state index contributed by atoms with van der Waals surface area (Å²) in [6, 6.07) is 4.58. The molecule has 3 N–H and O–H groups in total. The van der Waals surface area contributed by atoms with Gasteiger partial charge in [0.2, 0.25) is 5.82 Å². The Labute approximate surface area is 180 Å². The van der Waals surface area contributed by atoms with E-state index in [0.717, 1.165) is 20.1 Å². The third-order valence-electron chi connectivity index (χ3n) is 5.77. The first-order valence-electron chi connectivity index (χ1n) is 9.55. The van der Waals surface area contributed by atoms with E-state index in [0.29, 0.717) is 0 Å². The van der Waals surface area contributed by atoms with E-state index in [4.69, 9.17) is 15.2 Å². The summed E-state index contributed by atoms with van der Waals surface area (Å²) >= 11 is 0. The molecule has 11 heteroatoms. The van der Waals surface area contributed by atoms with Crippen molar-refractivity contribution in [2.45, 2.75) is 37.9 Å². The van der Waals surface area contributed by atoms with E-state index >= 15 is 0 Å². The van der Waals surface area contributed by atoms with E-state index in [1.807, 2.05) is 0 Å². The SMILES string of the molecule is COc1c([C@H]2[C@@H](C(=O)Nc3ccnc(C(N)=O)c3)O[C@@](C)(C(F)F)[C@H]2C)ccc(F)c1F. The van der Waals surface area contributed by atoms with Gasteiger partial charge < -0.3 is 20.5 Å². The van der Waals surface area contributed by atoms with E-state index in [-0.39, 0.29) is 16.9 Å². The number of halogens is 4. The molecule has 1 saturated heterocycles. The van der Waals surface area contributed by atoms with Crippen molar-refractivity contribution in [1.29, 1.82) is 0 Å². The molecule has 172 valence electrons. The van der Waals surface area contributed by atoms with E-state index in [9.17, 15) is 27.2 Å². The van der Waals surface area contributed by atoms with Crippen LogP contribution in [-0.2, 0) is 9.53 Å². The van der Waals surface area contributed by atoms with Gasteiger partial charge in [-0.05, 0) is 25.1 Å². The van der Waals surface area contributed by atoms with Crippen LogP contribution in [0, 0.1) is 17.6 Å². The lowest BCUT2D eigenvalue weighted by molar-refractivity contribution is -0.151. The number of nitrogens with two attached hydrogens (primary N) is 1. The zero-order valence-electron chi connectivity index (χ0n) is 17.4. The topological polar surface area (TPSA) is 104 Å². The van der Waals surface area contributed by atoms with Crippen LogP contribution in [0.15, 0.2) is 30.5 Å². The standard InChI is InChI=1S/C21H21F4N3O4/c1-9-14(11-4-5-12(22)15(23)16(11)31-3)17(32-21(9,2)20(24)25)19(30)28-10-6-7-27-13(8-10)18(26)29/h4-9,14,17,20H,1-3H3,(H2,26,29)(H,27,28,30)/t9-,14-,17-,21+/m0/s1.